The van der Waals surface area contributed by atoms with Crippen LogP contribution in [0, 0.1) is 23.2 Å². The molecular weight excluding hydrogens is 330 g/mol. The van der Waals surface area contributed by atoms with E-state index < -0.39 is 0 Å². The van der Waals surface area contributed by atoms with Gasteiger partial charge in [-0.05, 0) is 57.3 Å². The molecule has 3 aliphatic heterocycles. The molecule has 26 heavy (non-hydrogen) atoms. The van der Waals surface area contributed by atoms with E-state index in [0.29, 0.717) is 11.8 Å². The van der Waals surface area contributed by atoms with Crippen LogP contribution in [0.5, 0.6) is 0 Å². The van der Waals surface area contributed by atoms with Crippen LogP contribution in [0.25, 0.3) is 0 Å². The Hall–Kier alpha value is -0.650. The molecule has 5 fully saturated rings. The second kappa shape index (κ2) is 5.92. The van der Waals surface area contributed by atoms with Crippen LogP contribution < -0.4 is 0 Å². The maximum Gasteiger partial charge on any atom is 0.310 e. The predicted molar refractivity (Wildman–Crippen MR) is 96.7 cm³/mol. The molecule has 5 unspecified atom stereocenters. The Balaban J connectivity index is 1.34. The summed E-state index contributed by atoms with van der Waals surface area (Å²) in [7, 11) is 0. The minimum Gasteiger partial charge on any atom is -0.462 e. The van der Waals surface area contributed by atoms with Crippen LogP contribution in [0.2, 0.25) is 0 Å². The fourth-order valence-electron chi connectivity index (χ4n) is 6.88. The van der Waals surface area contributed by atoms with Crippen LogP contribution in [0.4, 0.5) is 0 Å². The molecule has 0 N–H and O–H groups in total. The summed E-state index contributed by atoms with van der Waals surface area (Å²) in [5, 5.41) is 0. The van der Waals surface area contributed by atoms with E-state index in [-0.39, 0.29) is 41.2 Å². The molecule has 0 aromatic carbocycles. The summed E-state index contributed by atoms with van der Waals surface area (Å²) in [5.74, 6) is 1.04. The maximum atomic E-state index is 12.8. The van der Waals surface area contributed by atoms with E-state index in [1.54, 1.807) is 0 Å². The molecule has 0 radical (unpaired) electrons. The molecule has 0 aromatic heterocycles. The number of fused-ring (bicyclic) bond motifs is 3. The predicted octanol–water partition coefficient (Wildman–Crippen LogP) is 2.62. The molecule has 5 rings (SSSR count). The highest BCUT2D eigenvalue weighted by molar-refractivity contribution is 5.75. The van der Waals surface area contributed by atoms with Gasteiger partial charge in [0.2, 0.25) is 0 Å². The topological polar surface area (TPSA) is 51.3 Å². The van der Waals surface area contributed by atoms with Gasteiger partial charge in [0.15, 0.2) is 0 Å². The number of hydrogen-bond acceptors (Lipinski definition) is 5. The van der Waals surface area contributed by atoms with Gasteiger partial charge in [-0.3, -0.25) is 9.69 Å². The molecule has 5 aliphatic rings. The Morgan fingerprint density at radius 1 is 1.19 bits per heavy atom. The van der Waals surface area contributed by atoms with Crippen molar-refractivity contribution in [3.8, 4) is 0 Å². The number of carbonyl (C=O) groups is 1. The lowest BCUT2D eigenvalue weighted by molar-refractivity contribution is -0.147. The first-order chi connectivity index (χ1) is 12.4. The standard InChI is InChI=1S/C21H33NO4/c1-13-9-22(10-14(2)25-13)11-16-15-7-18-20(3,8-17(15)26-19(16)23)5-4-6-21(18)12-24-21/h13-18H,4-12H2,1-3H3/t13?,14?,15-,16?,17-,18?,20-,21?/m1/s1. The van der Waals surface area contributed by atoms with E-state index in [1.165, 1.54) is 19.3 Å². The molecule has 0 bridgehead atoms. The summed E-state index contributed by atoms with van der Waals surface area (Å²) < 4.78 is 17.8. The van der Waals surface area contributed by atoms with E-state index in [1.807, 2.05) is 0 Å². The molecule has 5 nitrogen and oxygen atoms in total. The molecule has 2 saturated carbocycles. The minimum atomic E-state index is 0.0276. The summed E-state index contributed by atoms with van der Waals surface area (Å²) in [4.78, 5) is 15.2. The fourth-order valence-corrected chi connectivity index (χ4v) is 6.88. The smallest absolute Gasteiger partial charge is 0.310 e. The first kappa shape index (κ1) is 17.4. The molecule has 8 atom stereocenters. The van der Waals surface area contributed by atoms with Crippen LogP contribution in [0.15, 0.2) is 0 Å². The van der Waals surface area contributed by atoms with Crippen LogP contribution in [0.3, 0.4) is 0 Å². The normalized spacial score (nSPS) is 53.9. The molecule has 2 aliphatic carbocycles. The number of ether oxygens (including phenoxy) is 3. The number of hydrogen-bond donors (Lipinski definition) is 0. The maximum absolute atomic E-state index is 12.8. The molecule has 3 saturated heterocycles. The lowest BCUT2D eigenvalue weighted by Gasteiger charge is -2.51. The van der Waals surface area contributed by atoms with Crippen LogP contribution in [0.1, 0.15) is 52.9 Å². The highest BCUT2D eigenvalue weighted by Gasteiger charge is 2.65. The van der Waals surface area contributed by atoms with Crippen molar-refractivity contribution in [3.05, 3.63) is 0 Å². The lowest BCUT2D eigenvalue weighted by atomic mass is 9.53. The second-order valence-electron chi connectivity index (χ2n) is 10.1. The van der Waals surface area contributed by atoms with Crippen molar-refractivity contribution in [2.24, 2.45) is 23.2 Å². The van der Waals surface area contributed by atoms with Gasteiger partial charge in [-0.15, -0.1) is 0 Å². The monoisotopic (exact) mass is 363 g/mol. The molecule has 0 amide bonds. The van der Waals surface area contributed by atoms with Gasteiger partial charge < -0.3 is 14.2 Å². The minimum absolute atomic E-state index is 0.0276. The molecule has 1 spiro atoms. The number of carbonyl (C=O) groups excluding carboxylic acids is 1. The Morgan fingerprint density at radius 2 is 1.92 bits per heavy atom. The van der Waals surface area contributed by atoms with Crippen LogP contribution in [-0.4, -0.2) is 61.0 Å². The van der Waals surface area contributed by atoms with Crippen molar-refractivity contribution in [2.45, 2.75) is 76.8 Å². The number of morpholine rings is 1. The van der Waals surface area contributed by atoms with Gasteiger partial charge in [-0.2, -0.15) is 0 Å². The van der Waals surface area contributed by atoms with Crippen molar-refractivity contribution in [1.29, 1.82) is 0 Å². The Kier molecular flexibility index (Phi) is 3.97. The zero-order chi connectivity index (χ0) is 18.1. The SMILES string of the molecule is CC1CN(CC2C(=O)O[C@@H]3C[C@@]4(C)CCCC5(CO5)C4C[C@H]23)CC(C)O1. The molecule has 146 valence electrons. The van der Waals surface area contributed by atoms with E-state index in [2.05, 4.69) is 25.7 Å². The van der Waals surface area contributed by atoms with E-state index in [9.17, 15) is 4.79 Å². The van der Waals surface area contributed by atoms with E-state index in [4.69, 9.17) is 14.2 Å². The number of rotatable bonds is 2. The second-order valence-corrected chi connectivity index (χ2v) is 10.1. The van der Waals surface area contributed by atoms with Gasteiger partial charge in [0.05, 0.1) is 30.3 Å². The Labute approximate surface area is 156 Å². The summed E-state index contributed by atoms with van der Waals surface area (Å²) in [6.45, 7) is 10.3. The van der Waals surface area contributed by atoms with Crippen molar-refractivity contribution in [2.75, 3.05) is 26.2 Å². The van der Waals surface area contributed by atoms with Crippen molar-refractivity contribution in [3.63, 3.8) is 0 Å². The quantitative estimate of drug-likeness (QED) is 0.558. The summed E-state index contributed by atoms with van der Waals surface area (Å²) in [6, 6.07) is 0. The third-order valence-electron chi connectivity index (χ3n) is 8.03. The average Bonchev–Trinajstić information content (AvgIpc) is 3.25. The largest absolute Gasteiger partial charge is 0.462 e. The zero-order valence-electron chi connectivity index (χ0n) is 16.4. The van der Waals surface area contributed by atoms with Gasteiger partial charge in [0, 0.05) is 25.6 Å². The summed E-state index contributed by atoms with van der Waals surface area (Å²) in [5.41, 5.74) is 0.420. The van der Waals surface area contributed by atoms with Crippen LogP contribution >= 0.6 is 0 Å². The van der Waals surface area contributed by atoms with Gasteiger partial charge in [0.25, 0.3) is 0 Å². The first-order valence-corrected chi connectivity index (χ1v) is 10.6. The molecule has 3 heterocycles. The molecule has 5 heteroatoms. The highest BCUT2D eigenvalue weighted by atomic mass is 16.6. The summed E-state index contributed by atoms with van der Waals surface area (Å²) >= 11 is 0. The van der Waals surface area contributed by atoms with Crippen LogP contribution in [-0.2, 0) is 19.0 Å². The zero-order valence-corrected chi connectivity index (χ0v) is 16.4. The molecular formula is C21H33NO4. The lowest BCUT2D eigenvalue weighted by Crippen LogP contribution is -2.52. The fraction of sp³-hybridized carbons (Fsp3) is 0.952. The van der Waals surface area contributed by atoms with Gasteiger partial charge in [-0.1, -0.05) is 6.92 Å². The average molecular weight is 363 g/mol. The number of esters is 1. The third-order valence-corrected chi connectivity index (χ3v) is 8.03. The first-order valence-electron chi connectivity index (χ1n) is 10.6. The van der Waals surface area contributed by atoms with Gasteiger partial charge in [-0.25, -0.2) is 0 Å². The number of epoxide rings is 1. The van der Waals surface area contributed by atoms with E-state index in [0.717, 1.165) is 39.1 Å². The third kappa shape index (κ3) is 2.73. The van der Waals surface area contributed by atoms with Gasteiger partial charge >= 0.3 is 5.97 Å². The highest BCUT2D eigenvalue weighted by Crippen LogP contribution is 2.62. The van der Waals surface area contributed by atoms with Gasteiger partial charge in [0.1, 0.15) is 6.10 Å². The van der Waals surface area contributed by atoms with Crippen molar-refractivity contribution in [1.82, 2.24) is 4.90 Å². The molecule has 0 aromatic rings. The van der Waals surface area contributed by atoms with Crippen molar-refractivity contribution >= 4 is 5.97 Å². The van der Waals surface area contributed by atoms with E-state index >= 15 is 0 Å². The number of nitrogens with zero attached hydrogens (tertiary/aromatic N) is 1. The Morgan fingerprint density at radius 3 is 2.62 bits per heavy atom. The Bertz CT molecular complexity index is 581. The van der Waals surface area contributed by atoms with Crippen molar-refractivity contribution < 1.29 is 19.0 Å². The summed E-state index contributed by atoms with van der Waals surface area (Å²) in [6.07, 6.45) is 6.46.